The molecular formula is C13H11FN2O2. The van der Waals surface area contributed by atoms with E-state index in [4.69, 9.17) is 0 Å². The number of aryl methyl sites for hydroxylation is 1. The third kappa shape index (κ3) is 2.63. The van der Waals surface area contributed by atoms with Crippen molar-refractivity contribution in [3.63, 3.8) is 0 Å². The van der Waals surface area contributed by atoms with Crippen molar-refractivity contribution in [2.24, 2.45) is 0 Å². The largest absolute Gasteiger partial charge is 0.364 e. The highest BCUT2D eigenvalue weighted by molar-refractivity contribution is 6.03. The van der Waals surface area contributed by atoms with Gasteiger partial charge in [0.25, 0.3) is 5.91 Å². The second kappa shape index (κ2) is 4.83. The molecule has 0 radical (unpaired) electrons. The Hall–Kier alpha value is -2.43. The summed E-state index contributed by atoms with van der Waals surface area (Å²) in [6.07, 6.45) is 1.34. The van der Waals surface area contributed by atoms with Crippen LogP contribution in [-0.2, 0) is 0 Å². The monoisotopic (exact) mass is 246 g/mol. The SMILES string of the molecule is Cc1cc(=O)c(C(=O)Nc2cccc(F)c2)c[nH]1. The first-order valence-electron chi connectivity index (χ1n) is 5.32. The molecule has 0 saturated carbocycles. The molecule has 2 N–H and O–H groups in total. The van der Waals surface area contributed by atoms with Crippen LogP contribution in [0.5, 0.6) is 0 Å². The summed E-state index contributed by atoms with van der Waals surface area (Å²) in [6.45, 7) is 1.72. The molecule has 1 heterocycles. The fourth-order valence-corrected chi connectivity index (χ4v) is 1.52. The zero-order chi connectivity index (χ0) is 13.1. The molecule has 0 atom stereocenters. The first kappa shape index (κ1) is 12.0. The lowest BCUT2D eigenvalue weighted by Gasteiger charge is -2.04. The number of anilines is 1. The minimum atomic E-state index is -0.568. The second-order valence-electron chi connectivity index (χ2n) is 3.86. The minimum Gasteiger partial charge on any atom is -0.364 e. The minimum absolute atomic E-state index is 0.00939. The van der Waals surface area contributed by atoms with Crippen LogP contribution in [0.15, 0.2) is 41.3 Å². The number of rotatable bonds is 2. The van der Waals surface area contributed by atoms with Crippen LogP contribution < -0.4 is 10.7 Å². The maximum Gasteiger partial charge on any atom is 0.261 e. The highest BCUT2D eigenvalue weighted by Crippen LogP contribution is 2.09. The van der Waals surface area contributed by atoms with E-state index < -0.39 is 11.7 Å². The van der Waals surface area contributed by atoms with Gasteiger partial charge in [0.2, 0.25) is 0 Å². The zero-order valence-corrected chi connectivity index (χ0v) is 9.66. The van der Waals surface area contributed by atoms with E-state index in [1.54, 1.807) is 13.0 Å². The van der Waals surface area contributed by atoms with Gasteiger partial charge >= 0.3 is 0 Å². The number of aromatic nitrogens is 1. The summed E-state index contributed by atoms with van der Waals surface area (Å²) in [5.74, 6) is -1.02. The number of hydrogen-bond donors (Lipinski definition) is 2. The van der Waals surface area contributed by atoms with Gasteiger partial charge in [0, 0.05) is 23.6 Å². The van der Waals surface area contributed by atoms with Crippen LogP contribution in [0.3, 0.4) is 0 Å². The Labute approximate surface area is 102 Å². The van der Waals surface area contributed by atoms with Gasteiger partial charge in [0.15, 0.2) is 5.43 Å². The van der Waals surface area contributed by atoms with Crippen LogP contribution in [-0.4, -0.2) is 10.9 Å². The number of hydrogen-bond acceptors (Lipinski definition) is 2. The summed E-state index contributed by atoms with van der Waals surface area (Å²) in [7, 11) is 0. The van der Waals surface area contributed by atoms with E-state index in [2.05, 4.69) is 10.3 Å². The third-order valence-electron chi connectivity index (χ3n) is 2.38. The molecule has 0 spiro atoms. The zero-order valence-electron chi connectivity index (χ0n) is 9.66. The van der Waals surface area contributed by atoms with Gasteiger partial charge in [-0.3, -0.25) is 9.59 Å². The van der Waals surface area contributed by atoms with Gasteiger partial charge in [-0.1, -0.05) is 6.07 Å². The van der Waals surface area contributed by atoms with Gasteiger partial charge < -0.3 is 10.3 Å². The number of aromatic amines is 1. The second-order valence-corrected chi connectivity index (χ2v) is 3.86. The highest BCUT2D eigenvalue weighted by Gasteiger charge is 2.10. The highest BCUT2D eigenvalue weighted by atomic mass is 19.1. The summed E-state index contributed by atoms with van der Waals surface area (Å²) in [5.41, 5.74) is 0.590. The first-order chi connectivity index (χ1) is 8.56. The Kier molecular flexibility index (Phi) is 3.23. The molecule has 0 saturated heterocycles. The number of pyridine rings is 1. The summed E-state index contributed by atoms with van der Waals surface area (Å²) in [5, 5.41) is 2.46. The number of benzene rings is 1. The van der Waals surface area contributed by atoms with E-state index in [0.29, 0.717) is 11.4 Å². The maximum atomic E-state index is 12.9. The Morgan fingerprint density at radius 1 is 1.33 bits per heavy atom. The van der Waals surface area contributed by atoms with Gasteiger partial charge in [-0.15, -0.1) is 0 Å². The van der Waals surface area contributed by atoms with Gasteiger partial charge in [0.1, 0.15) is 11.4 Å². The van der Waals surface area contributed by atoms with E-state index in [-0.39, 0.29) is 11.0 Å². The smallest absolute Gasteiger partial charge is 0.261 e. The molecule has 1 aromatic carbocycles. The van der Waals surface area contributed by atoms with E-state index >= 15 is 0 Å². The first-order valence-corrected chi connectivity index (χ1v) is 5.32. The van der Waals surface area contributed by atoms with E-state index in [1.807, 2.05) is 0 Å². The molecular weight excluding hydrogens is 235 g/mol. The predicted molar refractivity (Wildman–Crippen MR) is 66.2 cm³/mol. The van der Waals surface area contributed by atoms with Crippen LogP contribution in [0.2, 0.25) is 0 Å². The van der Waals surface area contributed by atoms with Crippen molar-refractivity contribution >= 4 is 11.6 Å². The van der Waals surface area contributed by atoms with E-state index in [9.17, 15) is 14.0 Å². The van der Waals surface area contributed by atoms with Crippen molar-refractivity contribution in [1.82, 2.24) is 4.98 Å². The Balaban J connectivity index is 2.25. The van der Waals surface area contributed by atoms with Gasteiger partial charge in [-0.25, -0.2) is 4.39 Å². The molecule has 0 aliphatic heterocycles. The van der Waals surface area contributed by atoms with Crippen LogP contribution >= 0.6 is 0 Å². The van der Waals surface area contributed by atoms with Crippen molar-refractivity contribution in [3.8, 4) is 0 Å². The summed E-state index contributed by atoms with van der Waals surface area (Å²) in [6, 6.07) is 6.81. The lowest BCUT2D eigenvalue weighted by atomic mass is 10.2. The molecule has 0 fully saturated rings. The van der Waals surface area contributed by atoms with Crippen LogP contribution in [0.1, 0.15) is 16.1 Å². The molecule has 1 amide bonds. The van der Waals surface area contributed by atoms with Crippen LogP contribution in [0.4, 0.5) is 10.1 Å². The quantitative estimate of drug-likeness (QED) is 0.852. The Morgan fingerprint density at radius 2 is 2.11 bits per heavy atom. The van der Waals surface area contributed by atoms with Crippen LogP contribution in [0, 0.1) is 12.7 Å². The van der Waals surface area contributed by atoms with Crippen molar-refractivity contribution in [2.75, 3.05) is 5.32 Å². The normalized spacial score (nSPS) is 10.1. The molecule has 0 unspecified atom stereocenters. The van der Waals surface area contributed by atoms with E-state index in [1.165, 1.54) is 30.5 Å². The number of nitrogens with one attached hydrogen (secondary N) is 2. The van der Waals surface area contributed by atoms with Crippen LogP contribution in [0.25, 0.3) is 0 Å². The lowest BCUT2D eigenvalue weighted by Crippen LogP contribution is -2.21. The molecule has 0 aliphatic carbocycles. The Morgan fingerprint density at radius 3 is 2.78 bits per heavy atom. The number of H-pyrrole nitrogens is 1. The molecule has 5 heteroatoms. The molecule has 4 nitrogen and oxygen atoms in total. The third-order valence-corrected chi connectivity index (χ3v) is 2.38. The fourth-order valence-electron chi connectivity index (χ4n) is 1.52. The number of carbonyl (C=O) groups is 1. The van der Waals surface area contributed by atoms with Gasteiger partial charge in [0.05, 0.1) is 0 Å². The predicted octanol–water partition coefficient (Wildman–Crippen LogP) is 2.07. The average Bonchev–Trinajstić information content (AvgIpc) is 2.28. The van der Waals surface area contributed by atoms with Crippen molar-refractivity contribution in [2.45, 2.75) is 6.92 Å². The van der Waals surface area contributed by atoms with Crippen molar-refractivity contribution < 1.29 is 9.18 Å². The molecule has 92 valence electrons. The standard InChI is InChI=1S/C13H11FN2O2/c1-8-5-12(17)11(7-15-8)13(18)16-10-4-2-3-9(14)6-10/h2-7H,1H3,(H,15,17)(H,16,18). The molecule has 2 aromatic rings. The lowest BCUT2D eigenvalue weighted by molar-refractivity contribution is 0.102. The molecule has 1 aromatic heterocycles. The molecule has 18 heavy (non-hydrogen) atoms. The average molecular weight is 246 g/mol. The molecule has 0 bridgehead atoms. The summed E-state index contributed by atoms with van der Waals surface area (Å²) >= 11 is 0. The molecule has 2 rings (SSSR count). The number of halogens is 1. The topological polar surface area (TPSA) is 62.0 Å². The number of amides is 1. The van der Waals surface area contributed by atoms with Gasteiger partial charge in [-0.2, -0.15) is 0 Å². The maximum absolute atomic E-state index is 12.9. The number of carbonyl (C=O) groups excluding carboxylic acids is 1. The van der Waals surface area contributed by atoms with Crippen molar-refractivity contribution in [1.29, 1.82) is 0 Å². The Bertz CT molecular complexity index is 649. The van der Waals surface area contributed by atoms with E-state index in [0.717, 1.165) is 0 Å². The van der Waals surface area contributed by atoms with Crippen molar-refractivity contribution in [3.05, 3.63) is 63.8 Å². The summed E-state index contributed by atoms with van der Waals surface area (Å²) < 4.78 is 12.9. The molecule has 0 aliphatic rings. The van der Waals surface area contributed by atoms with Gasteiger partial charge in [-0.05, 0) is 25.1 Å². The summed E-state index contributed by atoms with van der Waals surface area (Å²) in [4.78, 5) is 26.2. The fraction of sp³-hybridized carbons (Fsp3) is 0.0769.